The summed E-state index contributed by atoms with van der Waals surface area (Å²) >= 11 is 1.48. The summed E-state index contributed by atoms with van der Waals surface area (Å²) in [6.45, 7) is 0.609. The number of fused-ring (bicyclic) bond motifs is 2. The first-order valence-corrected chi connectivity index (χ1v) is 10.4. The van der Waals surface area contributed by atoms with Crippen LogP contribution >= 0.6 is 11.3 Å². The van der Waals surface area contributed by atoms with E-state index in [1.165, 1.54) is 28.9 Å². The standard InChI is InChI=1S/C22H21N3O2S/c1-25(17-9-4-7-14-6-2-3-8-15(14)17)12-19-23-21(26)20-16(13-28-22(20)24-19)18-10-5-11-27-18/h2-3,5-6,8,10-11,13,17H,4,7,9,12H2,1H3,(H,23,24,26)/t17-/m0/s1. The summed E-state index contributed by atoms with van der Waals surface area (Å²) in [5.74, 6) is 1.40. The average molecular weight is 391 g/mol. The lowest BCUT2D eigenvalue weighted by molar-refractivity contribution is 0.208. The highest BCUT2D eigenvalue weighted by atomic mass is 32.1. The molecule has 3 heterocycles. The molecule has 0 saturated carbocycles. The van der Waals surface area contributed by atoms with Gasteiger partial charge in [0.1, 0.15) is 16.4 Å². The Hall–Kier alpha value is -2.70. The maximum atomic E-state index is 12.8. The molecule has 142 valence electrons. The lowest BCUT2D eigenvalue weighted by Crippen LogP contribution is -2.29. The number of aromatic nitrogens is 2. The maximum absolute atomic E-state index is 12.8. The van der Waals surface area contributed by atoms with Crippen molar-refractivity contribution in [2.24, 2.45) is 0 Å². The van der Waals surface area contributed by atoms with E-state index in [0.29, 0.717) is 29.6 Å². The Morgan fingerprint density at radius 3 is 3.04 bits per heavy atom. The molecule has 1 aromatic carbocycles. The first-order chi connectivity index (χ1) is 13.7. The van der Waals surface area contributed by atoms with Crippen LogP contribution in [0, 0.1) is 0 Å². The second-order valence-electron chi connectivity index (χ2n) is 7.34. The normalized spacial score (nSPS) is 16.6. The number of nitrogens with one attached hydrogen (secondary N) is 1. The van der Waals surface area contributed by atoms with Crippen LogP contribution in [-0.4, -0.2) is 21.9 Å². The second kappa shape index (κ2) is 7.04. The van der Waals surface area contributed by atoms with Crippen molar-refractivity contribution < 1.29 is 4.42 Å². The van der Waals surface area contributed by atoms with Crippen molar-refractivity contribution in [3.8, 4) is 11.3 Å². The lowest BCUT2D eigenvalue weighted by atomic mass is 9.87. The van der Waals surface area contributed by atoms with E-state index in [1.807, 2.05) is 17.5 Å². The smallest absolute Gasteiger partial charge is 0.260 e. The third kappa shape index (κ3) is 2.99. The van der Waals surface area contributed by atoms with Crippen molar-refractivity contribution in [1.29, 1.82) is 0 Å². The largest absolute Gasteiger partial charge is 0.464 e. The third-order valence-corrected chi connectivity index (χ3v) is 6.42. The highest BCUT2D eigenvalue weighted by molar-refractivity contribution is 7.17. The van der Waals surface area contributed by atoms with Crippen molar-refractivity contribution in [1.82, 2.24) is 14.9 Å². The molecule has 0 aliphatic heterocycles. The van der Waals surface area contributed by atoms with E-state index in [4.69, 9.17) is 9.40 Å². The van der Waals surface area contributed by atoms with Crippen LogP contribution < -0.4 is 5.56 Å². The van der Waals surface area contributed by atoms with E-state index in [0.717, 1.165) is 23.2 Å². The van der Waals surface area contributed by atoms with E-state index in [9.17, 15) is 4.79 Å². The van der Waals surface area contributed by atoms with Gasteiger partial charge in [0.05, 0.1) is 18.2 Å². The van der Waals surface area contributed by atoms with Crippen LogP contribution in [0.15, 0.2) is 57.3 Å². The number of hydrogen-bond donors (Lipinski definition) is 1. The van der Waals surface area contributed by atoms with Gasteiger partial charge in [0.15, 0.2) is 0 Å². The number of aryl methyl sites for hydroxylation is 1. The van der Waals surface area contributed by atoms with Gasteiger partial charge in [0.25, 0.3) is 5.56 Å². The Labute approximate surface area is 166 Å². The van der Waals surface area contributed by atoms with Gasteiger partial charge < -0.3 is 9.40 Å². The molecule has 0 amide bonds. The lowest BCUT2D eigenvalue weighted by Gasteiger charge is -2.33. The summed E-state index contributed by atoms with van der Waals surface area (Å²) < 4.78 is 5.47. The van der Waals surface area contributed by atoms with Gasteiger partial charge in [-0.25, -0.2) is 4.98 Å². The minimum absolute atomic E-state index is 0.106. The van der Waals surface area contributed by atoms with Crippen LogP contribution in [0.3, 0.4) is 0 Å². The van der Waals surface area contributed by atoms with Crippen LogP contribution in [0.2, 0.25) is 0 Å². The highest BCUT2D eigenvalue weighted by Crippen LogP contribution is 2.34. The molecule has 3 aromatic heterocycles. The van der Waals surface area contributed by atoms with E-state index in [1.54, 1.807) is 6.26 Å². The molecule has 6 heteroatoms. The molecule has 4 aromatic rings. The van der Waals surface area contributed by atoms with Crippen molar-refractivity contribution in [2.75, 3.05) is 7.05 Å². The van der Waals surface area contributed by atoms with E-state index in [-0.39, 0.29) is 5.56 Å². The quantitative estimate of drug-likeness (QED) is 0.545. The Balaban J connectivity index is 1.46. The predicted molar refractivity (Wildman–Crippen MR) is 112 cm³/mol. The molecule has 0 spiro atoms. The van der Waals surface area contributed by atoms with Gasteiger partial charge in [-0.2, -0.15) is 0 Å². The molecular weight excluding hydrogens is 370 g/mol. The molecule has 5 nitrogen and oxygen atoms in total. The number of thiophene rings is 1. The molecule has 1 N–H and O–H groups in total. The second-order valence-corrected chi connectivity index (χ2v) is 8.20. The number of H-pyrrole nitrogens is 1. The molecule has 1 aliphatic carbocycles. The summed E-state index contributed by atoms with van der Waals surface area (Å²) in [5, 5.41) is 2.55. The zero-order valence-corrected chi connectivity index (χ0v) is 16.5. The van der Waals surface area contributed by atoms with Crippen molar-refractivity contribution in [3.05, 3.63) is 75.3 Å². The SMILES string of the molecule is CN(Cc1nc2scc(-c3ccco3)c2c(=O)[nH]1)[C@H]1CCCc2ccccc21. The number of benzene rings is 1. The Morgan fingerprint density at radius 2 is 2.18 bits per heavy atom. The zero-order valence-electron chi connectivity index (χ0n) is 15.6. The van der Waals surface area contributed by atoms with Crippen LogP contribution in [0.1, 0.15) is 35.8 Å². The minimum Gasteiger partial charge on any atom is -0.464 e. The molecule has 5 rings (SSSR count). The van der Waals surface area contributed by atoms with E-state index >= 15 is 0 Å². The monoisotopic (exact) mass is 391 g/mol. The molecule has 0 unspecified atom stereocenters. The van der Waals surface area contributed by atoms with E-state index in [2.05, 4.69) is 41.2 Å². The average Bonchev–Trinajstić information content (AvgIpc) is 3.37. The molecular formula is C22H21N3O2S. The Kier molecular flexibility index (Phi) is 4.37. The molecule has 0 bridgehead atoms. The van der Waals surface area contributed by atoms with Gasteiger partial charge in [-0.15, -0.1) is 11.3 Å². The minimum atomic E-state index is -0.106. The number of furan rings is 1. The fraction of sp³-hybridized carbons (Fsp3) is 0.273. The van der Waals surface area contributed by atoms with Crippen molar-refractivity contribution >= 4 is 21.6 Å². The van der Waals surface area contributed by atoms with Crippen LogP contribution in [-0.2, 0) is 13.0 Å². The molecule has 0 fully saturated rings. The number of aromatic amines is 1. The van der Waals surface area contributed by atoms with Gasteiger partial charge in [-0.05, 0) is 49.6 Å². The van der Waals surface area contributed by atoms with Gasteiger partial charge >= 0.3 is 0 Å². The van der Waals surface area contributed by atoms with Crippen LogP contribution in [0.4, 0.5) is 0 Å². The number of rotatable bonds is 4. The number of hydrogen-bond acceptors (Lipinski definition) is 5. The van der Waals surface area contributed by atoms with Gasteiger partial charge in [-0.1, -0.05) is 24.3 Å². The first kappa shape index (κ1) is 17.4. The molecule has 28 heavy (non-hydrogen) atoms. The fourth-order valence-corrected chi connectivity index (χ4v) is 5.16. The molecule has 0 saturated heterocycles. The Morgan fingerprint density at radius 1 is 1.29 bits per heavy atom. The summed E-state index contributed by atoms with van der Waals surface area (Å²) in [7, 11) is 2.11. The van der Waals surface area contributed by atoms with Crippen LogP contribution in [0.25, 0.3) is 21.5 Å². The molecule has 1 aliphatic rings. The van der Waals surface area contributed by atoms with Gasteiger partial charge in [-0.3, -0.25) is 9.69 Å². The van der Waals surface area contributed by atoms with Crippen molar-refractivity contribution in [3.63, 3.8) is 0 Å². The van der Waals surface area contributed by atoms with E-state index < -0.39 is 0 Å². The van der Waals surface area contributed by atoms with Gasteiger partial charge in [0.2, 0.25) is 0 Å². The topological polar surface area (TPSA) is 62.1 Å². The highest BCUT2D eigenvalue weighted by Gasteiger charge is 2.24. The summed E-state index contributed by atoms with van der Waals surface area (Å²) in [4.78, 5) is 23.6. The third-order valence-electron chi connectivity index (χ3n) is 5.55. The first-order valence-electron chi connectivity index (χ1n) is 9.53. The zero-order chi connectivity index (χ0) is 19.1. The predicted octanol–water partition coefficient (Wildman–Crippen LogP) is 4.75. The fourth-order valence-electron chi connectivity index (χ4n) is 4.21. The van der Waals surface area contributed by atoms with Crippen molar-refractivity contribution in [2.45, 2.75) is 31.8 Å². The summed E-state index contributed by atoms with van der Waals surface area (Å²) in [6, 6.07) is 12.7. The van der Waals surface area contributed by atoms with Gasteiger partial charge in [0, 0.05) is 17.0 Å². The molecule has 1 atom stereocenters. The maximum Gasteiger partial charge on any atom is 0.260 e. The van der Waals surface area contributed by atoms with Crippen LogP contribution in [0.5, 0.6) is 0 Å². The molecule has 0 radical (unpaired) electrons. The summed E-state index contributed by atoms with van der Waals surface area (Å²) in [6.07, 6.45) is 5.08. The Bertz CT molecular complexity index is 1180. The summed E-state index contributed by atoms with van der Waals surface area (Å²) in [5.41, 5.74) is 3.53. The number of nitrogens with zero attached hydrogens (tertiary/aromatic N) is 2.